The lowest BCUT2D eigenvalue weighted by Crippen LogP contribution is -2.08. The van der Waals surface area contributed by atoms with E-state index in [2.05, 4.69) is 0 Å². The van der Waals surface area contributed by atoms with Gasteiger partial charge in [0.15, 0.2) is 11.6 Å². The molecular weight excluding hydrogens is 257 g/mol. The largest absolute Gasteiger partial charge is 0.494 e. The molecule has 2 aromatic carbocycles. The first kappa shape index (κ1) is 14.3. The molecule has 0 aliphatic carbocycles. The monoisotopic (exact) mass is 275 g/mol. The zero-order chi connectivity index (χ0) is 14.5. The van der Waals surface area contributed by atoms with Crippen LogP contribution in [0.3, 0.4) is 0 Å². The van der Waals surface area contributed by atoms with Crippen LogP contribution in [0.2, 0.25) is 0 Å². The highest BCUT2D eigenvalue weighted by Crippen LogP contribution is 2.26. The molecule has 3 nitrogen and oxygen atoms in total. The lowest BCUT2D eigenvalue weighted by Gasteiger charge is -2.14. The lowest BCUT2D eigenvalue weighted by molar-refractivity contribution is 0.291. The minimum atomic E-state index is -0.395. The quantitative estimate of drug-likeness (QED) is 0.909. The Morgan fingerprint density at radius 3 is 2.50 bits per heavy atom. The first-order valence-corrected chi connectivity index (χ1v) is 6.42. The summed E-state index contributed by atoms with van der Waals surface area (Å²) in [5.41, 5.74) is 7.23. The molecule has 0 aliphatic heterocycles. The van der Waals surface area contributed by atoms with E-state index in [-0.39, 0.29) is 18.4 Å². The Labute approximate surface area is 118 Å². The summed E-state index contributed by atoms with van der Waals surface area (Å²) in [7, 11) is 1.44. The molecule has 2 N–H and O–H groups in total. The van der Waals surface area contributed by atoms with Gasteiger partial charge in [0.1, 0.15) is 12.4 Å². The molecule has 0 aliphatic rings. The van der Waals surface area contributed by atoms with Crippen molar-refractivity contribution in [1.82, 2.24) is 0 Å². The maximum atomic E-state index is 14.0. The first-order valence-electron chi connectivity index (χ1n) is 6.42. The standard InChI is InChI=1S/C16H18FNO2/c1-11(18)13-7-3-4-8-14(13)20-10-12-6-5-9-15(19-2)16(12)17/h3-9,11H,10,18H2,1-2H3/t11-/m0/s1. The maximum Gasteiger partial charge on any atom is 0.171 e. The van der Waals surface area contributed by atoms with Gasteiger partial charge in [-0.2, -0.15) is 0 Å². The van der Waals surface area contributed by atoms with Crippen molar-refractivity contribution in [2.75, 3.05) is 7.11 Å². The molecule has 0 saturated carbocycles. The molecule has 0 fully saturated rings. The van der Waals surface area contributed by atoms with Crippen LogP contribution in [-0.2, 0) is 6.61 Å². The van der Waals surface area contributed by atoms with Gasteiger partial charge in [-0.1, -0.05) is 30.3 Å². The van der Waals surface area contributed by atoms with Crippen molar-refractivity contribution in [2.24, 2.45) is 5.73 Å². The Hall–Kier alpha value is -2.07. The van der Waals surface area contributed by atoms with E-state index in [1.165, 1.54) is 7.11 Å². The summed E-state index contributed by atoms with van der Waals surface area (Å²) in [4.78, 5) is 0. The van der Waals surface area contributed by atoms with Gasteiger partial charge in [-0.05, 0) is 19.1 Å². The molecule has 0 heterocycles. The van der Waals surface area contributed by atoms with Gasteiger partial charge >= 0.3 is 0 Å². The van der Waals surface area contributed by atoms with Gasteiger partial charge in [-0.25, -0.2) is 4.39 Å². The topological polar surface area (TPSA) is 44.5 Å². The molecule has 1 atom stereocenters. The van der Waals surface area contributed by atoms with E-state index in [0.29, 0.717) is 11.3 Å². The summed E-state index contributed by atoms with van der Waals surface area (Å²) in [6, 6.07) is 12.3. The molecule has 0 unspecified atom stereocenters. The fraction of sp³-hybridized carbons (Fsp3) is 0.250. The zero-order valence-electron chi connectivity index (χ0n) is 11.6. The van der Waals surface area contributed by atoms with Crippen molar-refractivity contribution < 1.29 is 13.9 Å². The summed E-state index contributed by atoms with van der Waals surface area (Å²) >= 11 is 0. The van der Waals surface area contributed by atoms with Crippen LogP contribution in [0, 0.1) is 5.82 Å². The predicted molar refractivity (Wildman–Crippen MR) is 76.3 cm³/mol. The van der Waals surface area contributed by atoms with Crippen molar-refractivity contribution in [3.8, 4) is 11.5 Å². The minimum absolute atomic E-state index is 0.132. The molecule has 0 aromatic heterocycles. The summed E-state index contributed by atoms with van der Waals surface area (Å²) < 4.78 is 24.6. The number of methoxy groups -OCH3 is 1. The van der Waals surface area contributed by atoms with Gasteiger partial charge in [-0.15, -0.1) is 0 Å². The zero-order valence-corrected chi connectivity index (χ0v) is 11.6. The number of nitrogens with two attached hydrogens (primary N) is 1. The Balaban J connectivity index is 2.17. The third-order valence-corrected chi connectivity index (χ3v) is 3.06. The van der Waals surface area contributed by atoms with Crippen LogP contribution < -0.4 is 15.2 Å². The average molecular weight is 275 g/mol. The van der Waals surface area contributed by atoms with Crippen LogP contribution in [0.15, 0.2) is 42.5 Å². The molecule has 0 saturated heterocycles. The van der Waals surface area contributed by atoms with Crippen molar-refractivity contribution in [2.45, 2.75) is 19.6 Å². The second-order valence-electron chi connectivity index (χ2n) is 4.55. The highest BCUT2D eigenvalue weighted by atomic mass is 19.1. The fourth-order valence-electron chi connectivity index (χ4n) is 1.97. The van der Waals surface area contributed by atoms with E-state index in [4.69, 9.17) is 15.2 Å². The summed E-state index contributed by atoms with van der Waals surface area (Å²) in [5.74, 6) is 0.490. The third kappa shape index (κ3) is 3.08. The number of hydrogen-bond donors (Lipinski definition) is 1. The Morgan fingerprint density at radius 1 is 1.10 bits per heavy atom. The van der Waals surface area contributed by atoms with Crippen molar-refractivity contribution in [1.29, 1.82) is 0 Å². The maximum absolute atomic E-state index is 14.0. The first-order chi connectivity index (χ1) is 9.63. The second-order valence-corrected chi connectivity index (χ2v) is 4.55. The third-order valence-electron chi connectivity index (χ3n) is 3.06. The summed E-state index contributed by atoms with van der Waals surface area (Å²) in [5, 5.41) is 0. The average Bonchev–Trinajstić information content (AvgIpc) is 2.46. The number of para-hydroxylation sites is 1. The van der Waals surface area contributed by atoms with E-state index in [0.717, 1.165) is 5.56 Å². The van der Waals surface area contributed by atoms with E-state index >= 15 is 0 Å². The van der Waals surface area contributed by atoms with Crippen molar-refractivity contribution in [3.63, 3.8) is 0 Å². The van der Waals surface area contributed by atoms with Crippen LogP contribution in [0.25, 0.3) is 0 Å². The molecular formula is C16H18FNO2. The second kappa shape index (κ2) is 6.39. The minimum Gasteiger partial charge on any atom is -0.494 e. The van der Waals surface area contributed by atoms with E-state index in [1.54, 1.807) is 18.2 Å². The van der Waals surface area contributed by atoms with Crippen molar-refractivity contribution in [3.05, 3.63) is 59.4 Å². The molecule has 20 heavy (non-hydrogen) atoms. The van der Waals surface area contributed by atoms with Crippen LogP contribution in [-0.4, -0.2) is 7.11 Å². The van der Waals surface area contributed by atoms with Gasteiger partial charge < -0.3 is 15.2 Å². The van der Waals surface area contributed by atoms with Gasteiger partial charge in [0.2, 0.25) is 0 Å². The molecule has 0 spiro atoms. The normalized spacial score (nSPS) is 12.0. The highest BCUT2D eigenvalue weighted by Gasteiger charge is 2.11. The number of ether oxygens (including phenoxy) is 2. The molecule has 0 amide bonds. The number of rotatable bonds is 5. The van der Waals surface area contributed by atoms with E-state index in [1.807, 2.05) is 31.2 Å². The van der Waals surface area contributed by atoms with Crippen LogP contribution in [0.4, 0.5) is 4.39 Å². The molecule has 106 valence electrons. The molecule has 2 rings (SSSR count). The molecule has 4 heteroatoms. The van der Waals surface area contributed by atoms with Crippen LogP contribution in [0.1, 0.15) is 24.1 Å². The number of benzene rings is 2. The fourth-order valence-corrected chi connectivity index (χ4v) is 1.97. The van der Waals surface area contributed by atoms with E-state index in [9.17, 15) is 4.39 Å². The van der Waals surface area contributed by atoms with Gasteiger partial charge in [-0.3, -0.25) is 0 Å². The smallest absolute Gasteiger partial charge is 0.171 e. The Kier molecular flexibility index (Phi) is 4.58. The molecule has 2 aromatic rings. The van der Waals surface area contributed by atoms with Gasteiger partial charge in [0, 0.05) is 17.2 Å². The van der Waals surface area contributed by atoms with E-state index < -0.39 is 5.82 Å². The van der Waals surface area contributed by atoms with Gasteiger partial charge in [0.05, 0.1) is 7.11 Å². The summed E-state index contributed by atoms with van der Waals surface area (Å²) in [6.07, 6.45) is 0. The Bertz CT molecular complexity index is 584. The molecule has 0 bridgehead atoms. The van der Waals surface area contributed by atoms with Crippen molar-refractivity contribution >= 4 is 0 Å². The molecule has 0 radical (unpaired) electrons. The van der Waals surface area contributed by atoms with Crippen LogP contribution >= 0.6 is 0 Å². The Morgan fingerprint density at radius 2 is 1.80 bits per heavy atom. The summed E-state index contributed by atoms with van der Waals surface area (Å²) in [6.45, 7) is 2.01. The predicted octanol–water partition coefficient (Wildman–Crippen LogP) is 3.43. The highest BCUT2D eigenvalue weighted by molar-refractivity contribution is 5.36. The van der Waals surface area contributed by atoms with Crippen LogP contribution in [0.5, 0.6) is 11.5 Å². The SMILES string of the molecule is COc1cccc(COc2ccccc2[C@H](C)N)c1F. The number of hydrogen-bond acceptors (Lipinski definition) is 3. The van der Waals surface area contributed by atoms with Gasteiger partial charge in [0.25, 0.3) is 0 Å². The number of halogens is 1. The lowest BCUT2D eigenvalue weighted by atomic mass is 10.1.